The third kappa shape index (κ3) is 2.30. The molecule has 4 aromatic rings. The average molecular weight is 388 g/mol. The molecule has 2 aromatic heterocycles. The lowest BCUT2D eigenvalue weighted by molar-refractivity contribution is 0.408. The van der Waals surface area contributed by atoms with E-state index in [4.69, 9.17) is 4.74 Å². The summed E-state index contributed by atoms with van der Waals surface area (Å²) < 4.78 is 10.3. The van der Waals surface area contributed by atoms with Crippen molar-refractivity contribution in [2.24, 2.45) is 14.1 Å². The number of anilines is 1. The quantitative estimate of drug-likeness (QED) is 0.573. The van der Waals surface area contributed by atoms with Crippen LogP contribution < -0.4 is 21.3 Å². The summed E-state index contributed by atoms with van der Waals surface area (Å²) in [4.78, 5) is 25.6. The Balaban J connectivity index is 1.95. The highest BCUT2D eigenvalue weighted by atomic mass is 16.5. The van der Waals surface area contributed by atoms with Gasteiger partial charge in [0.1, 0.15) is 5.75 Å². The summed E-state index contributed by atoms with van der Waals surface area (Å²) in [5.74, 6) is 0.735. The second-order valence-corrected chi connectivity index (χ2v) is 7.19. The fourth-order valence-electron chi connectivity index (χ4n) is 4.24. The van der Waals surface area contributed by atoms with Crippen LogP contribution in [0.2, 0.25) is 0 Å². The van der Waals surface area contributed by atoms with Crippen LogP contribution in [0.3, 0.4) is 0 Å². The van der Waals surface area contributed by atoms with E-state index in [9.17, 15) is 9.59 Å². The van der Waals surface area contributed by atoms with Gasteiger partial charge in [0, 0.05) is 25.9 Å². The number of rotatable bonds is 2. The van der Waals surface area contributed by atoms with E-state index in [0.29, 0.717) is 10.9 Å². The van der Waals surface area contributed by atoms with E-state index in [0.717, 1.165) is 32.9 Å². The third-order valence-corrected chi connectivity index (χ3v) is 5.65. The number of methoxy groups -OCH3 is 1. The number of fused-ring (bicyclic) bond motifs is 5. The maximum atomic E-state index is 12.9. The zero-order chi connectivity index (χ0) is 20.3. The van der Waals surface area contributed by atoms with Crippen molar-refractivity contribution >= 4 is 16.6 Å². The molecule has 7 heteroatoms. The first-order chi connectivity index (χ1) is 14.0. The molecule has 1 aliphatic rings. The van der Waals surface area contributed by atoms with Gasteiger partial charge < -0.3 is 14.6 Å². The summed E-state index contributed by atoms with van der Waals surface area (Å²) in [6, 6.07) is 15.4. The van der Waals surface area contributed by atoms with Crippen molar-refractivity contribution in [2.75, 3.05) is 12.4 Å². The van der Waals surface area contributed by atoms with Crippen LogP contribution in [0.4, 0.5) is 5.69 Å². The molecule has 0 saturated heterocycles. The van der Waals surface area contributed by atoms with Gasteiger partial charge in [-0.25, -0.2) is 4.79 Å². The van der Waals surface area contributed by atoms with Gasteiger partial charge >= 0.3 is 5.69 Å². The van der Waals surface area contributed by atoms with Crippen LogP contribution in [0.1, 0.15) is 17.3 Å². The predicted octanol–water partition coefficient (Wildman–Crippen LogP) is 2.55. The number of nitrogens with zero attached hydrogens (tertiary/aromatic N) is 3. The molecule has 0 saturated carbocycles. The normalized spacial score (nSPS) is 14.9. The van der Waals surface area contributed by atoms with Gasteiger partial charge in [-0.15, -0.1) is 0 Å². The van der Waals surface area contributed by atoms with Crippen molar-refractivity contribution in [1.82, 2.24) is 13.7 Å². The molecule has 1 unspecified atom stereocenters. The molecule has 7 nitrogen and oxygen atoms in total. The number of hydrogen-bond donors (Lipinski definition) is 1. The first-order valence-electron chi connectivity index (χ1n) is 9.32. The summed E-state index contributed by atoms with van der Waals surface area (Å²) in [6.07, 6.45) is 1.83. The molecule has 3 heterocycles. The van der Waals surface area contributed by atoms with Crippen molar-refractivity contribution in [1.29, 1.82) is 0 Å². The third-order valence-electron chi connectivity index (χ3n) is 5.65. The predicted molar refractivity (Wildman–Crippen MR) is 112 cm³/mol. The van der Waals surface area contributed by atoms with E-state index < -0.39 is 0 Å². The van der Waals surface area contributed by atoms with Crippen LogP contribution in [0.15, 0.2) is 64.3 Å². The van der Waals surface area contributed by atoms with Crippen molar-refractivity contribution in [3.8, 4) is 11.4 Å². The number of aryl methyl sites for hydroxylation is 1. The molecule has 0 bridgehead atoms. The van der Waals surface area contributed by atoms with Gasteiger partial charge in [0.05, 0.1) is 41.1 Å². The van der Waals surface area contributed by atoms with Crippen LogP contribution in [-0.4, -0.2) is 20.8 Å². The van der Waals surface area contributed by atoms with Crippen LogP contribution >= 0.6 is 0 Å². The van der Waals surface area contributed by atoms with E-state index >= 15 is 0 Å². The number of ether oxygens (including phenoxy) is 1. The Bertz CT molecular complexity index is 1390. The van der Waals surface area contributed by atoms with Crippen LogP contribution in [0.25, 0.3) is 16.6 Å². The highest BCUT2D eigenvalue weighted by Gasteiger charge is 2.32. The van der Waals surface area contributed by atoms with Gasteiger partial charge in [0.2, 0.25) is 0 Å². The Labute approximate surface area is 166 Å². The molecular weight excluding hydrogens is 368 g/mol. The molecule has 5 rings (SSSR count). The van der Waals surface area contributed by atoms with Gasteiger partial charge in [-0.3, -0.25) is 13.9 Å². The van der Waals surface area contributed by atoms with E-state index in [1.54, 1.807) is 18.7 Å². The minimum atomic E-state index is -0.353. The molecule has 1 aliphatic heterocycles. The minimum absolute atomic E-state index is 0.295. The fraction of sp³-hybridized carbons (Fsp3) is 0.182. The molecule has 2 aromatic carbocycles. The number of nitrogens with one attached hydrogen (secondary N) is 1. The van der Waals surface area contributed by atoms with Crippen LogP contribution in [0.5, 0.6) is 5.75 Å². The standard InChI is InChI=1S/C22H20N4O3/c1-24-19-14(21(27)25(2)22(24)28)12-26-16-10-6-5-9-15(16)23-18(20(19)26)13-8-4-7-11-17(13)29-3/h4-12,18,23H,1-3H3. The number of hydrogen-bond acceptors (Lipinski definition) is 4. The lowest BCUT2D eigenvalue weighted by Crippen LogP contribution is -2.37. The smallest absolute Gasteiger partial charge is 0.331 e. The molecule has 0 amide bonds. The Morgan fingerprint density at radius 3 is 2.48 bits per heavy atom. The number of benzene rings is 2. The monoisotopic (exact) mass is 388 g/mol. The fourth-order valence-corrected chi connectivity index (χ4v) is 4.24. The molecule has 0 aliphatic carbocycles. The highest BCUT2D eigenvalue weighted by Crippen LogP contribution is 2.42. The van der Waals surface area contributed by atoms with Crippen molar-refractivity contribution in [3.63, 3.8) is 0 Å². The topological polar surface area (TPSA) is 70.2 Å². The largest absolute Gasteiger partial charge is 0.496 e. The maximum absolute atomic E-state index is 12.9. The van der Waals surface area contributed by atoms with Crippen molar-refractivity contribution in [3.05, 3.63) is 86.8 Å². The van der Waals surface area contributed by atoms with Crippen molar-refractivity contribution in [2.45, 2.75) is 6.04 Å². The minimum Gasteiger partial charge on any atom is -0.496 e. The second kappa shape index (κ2) is 6.13. The lowest BCUT2D eigenvalue weighted by atomic mass is 9.98. The molecule has 1 atom stereocenters. The highest BCUT2D eigenvalue weighted by molar-refractivity contribution is 5.86. The van der Waals surface area contributed by atoms with Crippen LogP contribution in [-0.2, 0) is 14.1 Å². The Morgan fingerprint density at radius 1 is 0.966 bits per heavy atom. The van der Waals surface area contributed by atoms with Crippen molar-refractivity contribution < 1.29 is 4.74 Å². The molecule has 146 valence electrons. The average Bonchev–Trinajstić information content (AvgIpc) is 3.17. The molecule has 0 fully saturated rings. The SMILES string of the molecule is COc1ccccc1C1Nc2ccccc2-n2cc3c(=O)n(C)c(=O)n(C)c3c21. The summed E-state index contributed by atoms with van der Waals surface area (Å²) in [5, 5.41) is 4.08. The van der Waals surface area contributed by atoms with Gasteiger partial charge in [-0.05, 0) is 18.2 Å². The van der Waals surface area contributed by atoms with E-state index in [2.05, 4.69) is 5.32 Å². The molecular formula is C22H20N4O3. The maximum Gasteiger partial charge on any atom is 0.331 e. The lowest BCUT2D eigenvalue weighted by Gasteiger charge is -2.30. The Hall–Kier alpha value is -3.74. The van der Waals surface area contributed by atoms with E-state index in [1.807, 2.05) is 59.3 Å². The van der Waals surface area contributed by atoms with Crippen LogP contribution in [0, 0.1) is 0 Å². The first-order valence-corrected chi connectivity index (χ1v) is 9.32. The summed E-state index contributed by atoms with van der Waals surface area (Å²) in [6.45, 7) is 0. The molecule has 0 spiro atoms. The summed E-state index contributed by atoms with van der Waals surface area (Å²) in [5.41, 5.74) is 3.60. The van der Waals surface area contributed by atoms with Gasteiger partial charge in [0.15, 0.2) is 0 Å². The summed E-state index contributed by atoms with van der Waals surface area (Å²) >= 11 is 0. The van der Waals surface area contributed by atoms with E-state index in [-0.39, 0.29) is 17.3 Å². The molecule has 1 N–H and O–H groups in total. The Kier molecular flexibility index (Phi) is 3.67. The molecule has 29 heavy (non-hydrogen) atoms. The van der Waals surface area contributed by atoms with Gasteiger partial charge in [-0.1, -0.05) is 30.3 Å². The van der Waals surface area contributed by atoms with Gasteiger partial charge in [0.25, 0.3) is 5.56 Å². The molecule has 0 radical (unpaired) electrons. The summed E-state index contributed by atoms with van der Waals surface area (Å²) in [7, 11) is 4.84. The Morgan fingerprint density at radius 2 is 1.69 bits per heavy atom. The first kappa shape index (κ1) is 17.4. The number of para-hydroxylation sites is 3. The second-order valence-electron chi connectivity index (χ2n) is 7.19. The van der Waals surface area contributed by atoms with E-state index in [1.165, 1.54) is 7.05 Å². The zero-order valence-corrected chi connectivity index (χ0v) is 16.3. The van der Waals surface area contributed by atoms with Gasteiger partial charge in [-0.2, -0.15) is 0 Å². The number of aromatic nitrogens is 3. The zero-order valence-electron chi connectivity index (χ0n) is 16.3.